The first-order chi connectivity index (χ1) is 12.2. The third kappa shape index (κ3) is 4.52. The monoisotopic (exact) mass is 420 g/mol. The smallest absolute Gasteiger partial charge is 0.237 e. The highest BCUT2D eigenvalue weighted by Gasteiger charge is 2.19. The van der Waals surface area contributed by atoms with E-state index in [-0.39, 0.29) is 5.91 Å². The Labute approximate surface area is 160 Å². The molecule has 0 unspecified atom stereocenters. The van der Waals surface area contributed by atoms with Gasteiger partial charge in [0.15, 0.2) is 5.82 Å². The van der Waals surface area contributed by atoms with Gasteiger partial charge in [0.1, 0.15) is 0 Å². The molecule has 1 heterocycles. The van der Waals surface area contributed by atoms with Gasteiger partial charge in [-0.15, -0.1) is 5.10 Å². The quantitative estimate of drug-likeness (QED) is 0.691. The van der Waals surface area contributed by atoms with E-state index < -0.39 is 0 Å². The lowest BCUT2D eigenvalue weighted by Crippen LogP contribution is -2.32. The molecule has 0 saturated heterocycles. The van der Waals surface area contributed by atoms with E-state index in [0.29, 0.717) is 23.3 Å². The van der Waals surface area contributed by atoms with E-state index in [1.165, 1.54) is 30.3 Å². The molecule has 0 spiro atoms. The lowest BCUT2D eigenvalue weighted by molar-refractivity contribution is -0.126. The molecule has 1 amide bonds. The van der Waals surface area contributed by atoms with E-state index in [1.54, 1.807) is 0 Å². The molecule has 5 nitrogen and oxygen atoms in total. The number of hydrogen-bond acceptors (Lipinski definition) is 4. The molecule has 0 radical (unpaired) electrons. The van der Waals surface area contributed by atoms with Crippen LogP contribution >= 0.6 is 27.7 Å². The fraction of sp³-hybridized carbons (Fsp3) is 0.389. The SMILES string of the molecule is CCN(C(=O)CSc1n[nH]c(-c2ccccc2Br)n1)C1=CCCCC1. The number of benzene rings is 1. The van der Waals surface area contributed by atoms with Crippen LogP contribution in [0, 0.1) is 0 Å². The molecule has 1 aromatic carbocycles. The second-order valence-corrected chi connectivity index (χ2v) is 7.61. The van der Waals surface area contributed by atoms with Gasteiger partial charge in [-0.05, 0) is 38.7 Å². The maximum absolute atomic E-state index is 12.6. The van der Waals surface area contributed by atoms with Crippen LogP contribution in [0.5, 0.6) is 0 Å². The third-order valence-electron chi connectivity index (χ3n) is 4.15. The van der Waals surface area contributed by atoms with E-state index in [2.05, 4.69) is 37.2 Å². The lowest BCUT2D eigenvalue weighted by Gasteiger charge is -2.26. The molecular formula is C18H21BrN4OS. The van der Waals surface area contributed by atoms with Gasteiger partial charge in [0.25, 0.3) is 0 Å². The molecule has 1 aliphatic rings. The minimum Gasteiger partial charge on any atom is -0.316 e. The van der Waals surface area contributed by atoms with Crippen molar-refractivity contribution in [3.63, 3.8) is 0 Å². The average Bonchev–Trinajstić information content (AvgIpc) is 3.11. The Morgan fingerprint density at radius 1 is 1.36 bits per heavy atom. The summed E-state index contributed by atoms with van der Waals surface area (Å²) in [6.45, 7) is 2.73. The van der Waals surface area contributed by atoms with E-state index >= 15 is 0 Å². The Bertz CT molecular complexity index is 774. The second kappa shape index (κ2) is 8.67. The average molecular weight is 421 g/mol. The van der Waals surface area contributed by atoms with Crippen molar-refractivity contribution in [2.45, 2.75) is 37.8 Å². The summed E-state index contributed by atoms with van der Waals surface area (Å²) in [7, 11) is 0. The van der Waals surface area contributed by atoms with Gasteiger partial charge in [-0.2, -0.15) is 0 Å². The first-order valence-electron chi connectivity index (χ1n) is 8.48. The molecule has 1 aliphatic carbocycles. The summed E-state index contributed by atoms with van der Waals surface area (Å²) in [4.78, 5) is 19.0. The number of thioether (sulfide) groups is 1. The maximum atomic E-state index is 12.6. The minimum atomic E-state index is 0.118. The molecule has 3 rings (SSSR count). The fourth-order valence-electron chi connectivity index (χ4n) is 2.89. The number of aromatic amines is 1. The summed E-state index contributed by atoms with van der Waals surface area (Å²) >= 11 is 4.89. The van der Waals surface area contributed by atoms with E-state index in [1.807, 2.05) is 36.1 Å². The van der Waals surface area contributed by atoms with Crippen molar-refractivity contribution in [1.82, 2.24) is 20.1 Å². The highest BCUT2D eigenvalue weighted by atomic mass is 79.9. The minimum absolute atomic E-state index is 0.118. The maximum Gasteiger partial charge on any atom is 0.237 e. The number of halogens is 1. The summed E-state index contributed by atoms with van der Waals surface area (Å²) < 4.78 is 0.958. The van der Waals surface area contributed by atoms with Crippen molar-refractivity contribution in [1.29, 1.82) is 0 Å². The number of H-pyrrole nitrogens is 1. The summed E-state index contributed by atoms with van der Waals surface area (Å²) in [5.41, 5.74) is 2.12. The second-order valence-electron chi connectivity index (χ2n) is 5.81. The molecule has 1 aromatic heterocycles. The molecule has 0 bridgehead atoms. The molecule has 1 N–H and O–H groups in total. The Morgan fingerprint density at radius 2 is 2.20 bits per heavy atom. The molecule has 0 aliphatic heterocycles. The van der Waals surface area contributed by atoms with Gasteiger partial charge in [0.2, 0.25) is 11.1 Å². The van der Waals surface area contributed by atoms with E-state index in [4.69, 9.17) is 0 Å². The first kappa shape index (κ1) is 18.2. The zero-order valence-electron chi connectivity index (χ0n) is 14.2. The van der Waals surface area contributed by atoms with E-state index in [9.17, 15) is 4.79 Å². The van der Waals surface area contributed by atoms with Crippen LogP contribution in [0.4, 0.5) is 0 Å². The molecular weight excluding hydrogens is 400 g/mol. The van der Waals surface area contributed by atoms with Gasteiger partial charge in [-0.3, -0.25) is 9.89 Å². The molecule has 0 saturated carbocycles. The predicted molar refractivity (Wildman–Crippen MR) is 104 cm³/mol. The number of amides is 1. The highest BCUT2D eigenvalue weighted by molar-refractivity contribution is 9.10. The number of hydrogen-bond donors (Lipinski definition) is 1. The van der Waals surface area contributed by atoms with Gasteiger partial charge >= 0.3 is 0 Å². The van der Waals surface area contributed by atoms with Gasteiger partial charge in [-0.1, -0.05) is 52.0 Å². The molecule has 25 heavy (non-hydrogen) atoms. The number of carbonyl (C=O) groups is 1. The summed E-state index contributed by atoms with van der Waals surface area (Å²) in [5, 5.41) is 7.76. The number of rotatable bonds is 6. The van der Waals surface area contributed by atoms with Crippen LogP contribution in [0.2, 0.25) is 0 Å². The van der Waals surface area contributed by atoms with Crippen molar-refractivity contribution in [3.05, 3.63) is 40.5 Å². The largest absolute Gasteiger partial charge is 0.316 e. The van der Waals surface area contributed by atoms with Gasteiger partial charge in [0.05, 0.1) is 5.75 Å². The van der Waals surface area contributed by atoms with Gasteiger partial charge < -0.3 is 4.90 Å². The number of carbonyl (C=O) groups excluding carboxylic acids is 1. The summed E-state index contributed by atoms with van der Waals surface area (Å²) in [5.74, 6) is 1.16. The predicted octanol–water partition coefficient (Wildman–Crippen LogP) is 4.63. The van der Waals surface area contributed by atoms with Crippen LogP contribution in [0.25, 0.3) is 11.4 Å². The van der Waals surface area contributed by atoms with Gasteiger partial charge in [0, 0.05) is 22.3 Å². The Balaban J connectivity index is 1.62. The molecule has 2 aromatic rings. The summed E-state index contributed by atoms with van der Waals surface area (Å²) in [6.07, 6.45) is 6.66. The Hall–Kier alpha value is -1.60. The summed E-state index contributed by atoms with van der Waals surface area (Å²) in [6, 6.07) is 7.84. The molecule has 0 atom stereocenters. The Morgan fingerprint density at radius 3 is 2.92 bits per heavy atom. The Kier molecular flexibility index (Phi) is 6.31. The lowest BCUT2D eigenvalue weighted by atomic mass is 10.0. The fourth-order valence-corrected chi connectivity index (χ4v) is 4.04. The third-order valence-corrected chi connectivity index (χ3v) is 5.67. The van der Waals surface area contributed by atoms with Crippen LogP contribution < -0.4 is 0 Å². The van der Waals surface area contributed by atoms with Crippen LogP contribution in [0.1, 0.15) is 32.6 Å². The number of nitrogens with zero attached hydrogens (tertiary/aromatic N) is 3. The van der Waals surface area contributed by atoms with Crippen molar-refractivity contribution in [2.75, 3.05) is 12.3 Å². The normalized spacial score (nSPS) is 14.2. The van der Waals surface area contributed by atoms with E-state index in [0.717, 1.165) is 22.9 Å². The zero-order valence-corrected chi connectivity index (χ0v) is 16.6. The van der Waals surface area contributed by atoms with Crippen LogP contribution in [-0.2, 0) is 4.79 Å². The molecule has 0 fully saturated rings. The van der Waals surface area contributed by atoms with Crippen molar-refractivity contribution < 1.29 is 4.79 Å². The number of aromatic nitrogens is 3. The first-order valence-corrected chi connectivity index (χ1v) is 10.3. The van der Waals surface area contributed by atoms with Crippen LogP contribution in [0.3, 0.4) is 0 Å². The highest BCUT2D eigenvalue weighted by Crippen LogP contribution is 2.27. The van der Waals surface area contributed by atoms with Crippen LogP contribution in [0.15, 0.2) is 45.7 Å². The van der Waals surface area contributed by atoms with Gasteiger partial charge in [-0.25, -0.2) is 4.98 Å². The van der Waals surface area contributed by atoms with Crippen molar-refractivity contribution >= 4 is 33.6 Å². The molecule has 132 valence electrons. The standard InChI is InChI=1S/C18H21BrN4OS/c1-2-23(13-8-4-3-5-9-13)16(24)12-25-18-20-17(21-22-18)14-10-6-7-11-15(14)19/h6-8,10-11H,2-5,9,12H2,1H3,(H,20,21,22). The zero-order chi connectivity index (χ0) is 17.6. The van der Waals surface area contributed by atoms with Crippen molar-refractivity contribution in [3.8, 4) is 11.4 Å². The molecule has 7 heteroatoms. The van der Waals surface area contributed by atoms with Crippen LogP contribution in [-0.4, -0.2) is 38.3 Å². The van der Waals surface area contributed by atoms with Crippen molar-refractivity contribution in [2.24, 2.45) is 0 Å². The number of allylic oxidation sites excluding steroid dienone is 2. The topological polar surface area (TPSA) is 61.9 Å². The number of nitrogens with one attached hydrogen (secondary N) is 1.